The van der Waals surface area contributed by atoms with Crippen LogP contribution in [0.25, 0.3) is 11.3 Å². The number of benzene rings is 3. The Labute approximate surface area is 259 Å². The van der Waals surface area contributed by atoms with Crippen LogP contribution < -0.4 is 10.6 Å². The van der Waals surface area contributed by atoms with Gasteiger partial charge in [0.2, 0.25) is 11.8 Å². The fraction of sp³-hybridized carbons (Fsp3) is 0.361. The van der Waals surface area contributed by atoms with Crippen molar-refractivity contribution in [2.24, 2.45) is 22.7 Å². The number of amides is 2. The zero-order valence-corrected chi connectivity index (χ0v) is 25.1. The van der Waals surface area contributed by atoms with Crippen molar-refractivity contribution in [1.82, 2.24) is 15.5 Å². The van der Waals surface area contributed by atoms with E-state index in [2.05, 4.69) is 69.4 Å². The van der Waals surface area contributed by atoms with E-state index in [9.17, 15) is 9.59 Å². The molecule has 2 unspecified atom stereocenters. The van der Waals surface area contributed by atoms with E-state index < -0.39 is 10.8 Å². The monoisotopic (exact) mass is 594 g/mol. The number of halogens is 1. The van der Waals surface area contributed by atoms with E-state index >= 15 is 0 Å². The molecule has 3 aromatic carbocycles. The van der Waals surface area contributed by atoms with Crippen LogP contribution in [0.2, 0.25) is 0 Å². The standard InChI is InChI=1S/C36H38N4O2.ClH/c41-33(37-17-16-30(27-10-4-1-5-11-27)28-12-6-2-7-13-28)35-20-25-18-26(21-35)23-36(22-25,24-35)34(42)38-32-19-31(39-40-32)29-14-8-3-9-15-29;/h1-15,19,25-26,30H,16-18,20-24H2,(H,37,41)(H2,38,39,40,42);1H. The molecule has 0 saturated heterocycles. The van der Waals surface area contributed by atoms with Gasteiger partial charge in [0.15, 0.2) is 5.82 Å². The van der Waals surface area contributed by atoms with Crippen LogP contribution in [0.3, 0.4) is 0 Å². The molecule has 6 nitrogen and oxygen atoms in total. The van der Waals surface area contributed by atoms with Gasteiger partial charge in [0.05, 0.1) is 16.5 Å². The number of rotatable bonds is 9. The quantitative estimate of drug-likeness (QED) is 0.189. The first-order valence-corrected chi connectivity index (χ1v) is 15.3. The van der Waals surface area contributed by atoms with Crippen molar-refractivity contribution in [3.05, 3.63) is 108 Å². The van der Waals surface area contributed by atoms with E-state index in [1.807, 2.05) is 48.5 Å². The van der Waals surface area contributed by atoms with Gasteiger partial charge >= 0.3 is 0 Å². The van der Waals surface area contributed by atoms with Crippen LogP contribution >= 0.6 is 12.4 Å². The minimum atomic E-state index is -0.510. The largest absolute Gasteiger partial charge is 0.356 e. The van der Waals surface area contributed by atoms with Crippen molar-refractivity contribution in [3.63, 3.8) is 0 Å². The molecule has 4 bridgehead atoms. The van der Waals surface area contributed by atoms with Crippen molar-refractivity contribution in [3.8, 4) is 11.3 Å². The molecule has 8 rings (SSSR count). The topological polar surface area (TPSA) is 86.9 Å². The minimum absolute atomic E-state index is 0. The third kappa shape index (κ3) is 5.73. The van der Waals surface area contributed by atoms with Crippen molar-refractivity contribution < 1.29 is 9.59 Å². The SMILES string of the molecule is Cl.O=C(NCCC(c1ccccc1)c1ccccc1)C12CC3CC(C1)CC(C(=O)Nc1cc(-c4ccccc4)[nH]n1)(C3)C2. The molecular formula is C36H39ClN4O2. The lowest BCUT2D eigenvalue weighted by Crippen LogP contribution is -2.60. The second-order valence-electron chi connectivity index (χ2n) is 12.9. The van der Waals surface area contributed by atoms with Gasteiger partial charge in [-0.15, -0.1) is 12.4 Å². The summed E-state index contributed by atoms with van der Waals surface area (Å²) in [5, 5.41) is 13.9. The number of hydrogen-bond acceptors (Lipinski definition) is 3. The first kappa shape index (κ1) is 29.2. The highest BCUT2D eigenvalue weighted by atomic mass is 35.5. The van der Waals surface area contributed by atoms with Gasteiger partial charge < -0.3 is 10.6 Å². The summed E-state index contributed by atoms with van der Waals surface area (Å²) in [6.45, 7) is 0.610. The zero-order chi connectivity index (χ0) is 28.6. The average molecular weight is 595 g/mol. The van der Waals surface area contributed by atoms with E-state index in [-0.39, 0.29) is 30.1 Å². The first-order chi connectivity index (χ1) is 20.5. The van der Waals surface area contributed by atoms with Crippen LogP contribution in [-0.2, 0) is 9.59 Å². The molecule has 0 aliphatic heterocycles. The van der Waals surface area contributed by atoms with E-state index in [1.54, 1.807) is 0 Å². The van der Waals surface area contributed by atoms with Crippen molar-refractivity contribution >= 4 is 30.0 Å². The predicted octanol–water partition coefficient (Wildman–Crippen LogP) is 7.36. The molecule has 2 amide bonds. The van der Waals surface area contributed by atoms with E-state index in [4.69, 9.17) is 0 Å². The van der Waals surface area contributed by atoms with Gasteiger partial charge in [-0.05, 0) is 73.5 Å². The van der Waals surface area contributed by atoms with E-state index in [0.29, 0.717) is 30.6 Å². The summed E-state index contributed by atoms with van der Waals surface area (Å²) in [6.07, 6.45) is 6.11. The number of anilines is 1. The molecule has 1 heterocycles. The lowest BCUT2D eigenvalue weighted by Gasteiger charge is -2.60. The molecule has 43 heavy (non-hydrogen) atoms. The molecule has 4 saturated carbocycles. The number of carbonyl (C=O) groups is 2. The van der Waals surface area contributed by atoms with Gasteiger partial charge in [-0.2, -0.15) is 5.10 Å². The lowest BCUT2D eigenvalue weighted by molar-refractivity contribution is -0.164. The number of aromatic amines is 1. The fourth-order valence-electron chi connectivity index (χ4n) is 8.61. The molecule has 0 radical (unpaired) electrons. The summed E-state index contributed by atoms with van der Waals surface area (Å²) >= 11 is 0. The Bertz CT molecular complexity index is 1500. The zero-order valence-electron chi connectivity index (χ0n) is 24.3. The maximum absolute atomic E-state index is 14.0. The summed E-state index contributed by atoms with van der Waals surface area (Å²) < 4.78 is 0. The van der Waals surface area contributed by atoms with Crippen LogP contribution in [0, 0.1) is 22.7 Å². The van der Waals surface area contributed by atoms with Crippen LogP contribution in [0.15, 0.2) is 97.1 Å². The van der Waals surface area contributed by atoms with Crippen LogP contribution in [0.4, 0.5) is 5.82 Å². The normalized spacial score (nSPS) is 25.2. The Morgan fingerprint density at radius 1 is 0.791 bits per heavy atom. The highest BCUT2D eigenvalue weighted by Gasteiger charge is 2.63. The Morgan fingerprint density at radius 3 is 1.91 bits per heavy atom. The Balaban J connectivity index is 0.00000329. The summed E-state index contributed by atoms with van der Waals surface area (Å²) in [5.74, 6) is 1.76. The summed E-state index contributed by atoms with van der Waals surface area (Å²) in [5.41, 5.74) is 3.45. The third-order valence-corrected chi connectivity index (χ3v) is 10.1. The summed E-state index contributed by atoms with van der Waals surface area (Å²) in [7, 11) is 0. The van der Waals surface area contributed by atoms with Gasteiger partial charge in [0.25, 0.3) is 0 Å². The molecule has 0 spiro atoms. The average Bonchev–Trinajstić information content (AvgIpc) is 3.48. The highest BCUT2D eigenvalue weighted by Crippen LogP contribution is 2.65. The van der Waals surface area contributed by atoms with Crippen molar-refractivity contribution in [2.45, 2.75) is 50.9 Å². The first-order valence-electron chi connectivity index (χ1n) is 15.3. The number of aromatic nitrogens is 2. The highest BCUT2D eigenvalue weighted by molar-refractivity contribution is 5.96. The molecule has 4 aliphatic carbocycles. The van der Waals surface area contributed by atoms with Crippen LogP contribution in [-0.4, -0.2) is 28.6 Å². The van der Waals surface area contributed by atoms with Crippen LogP contribution in [0.5, 0.6) is 0 Å². The number of nitrogens with zero attached hydrogens (tertiary/aromatic N) is 1. The number of H-pyrrole nitrogens is 1. The molecule has 1 aromatic heterocycles. The molecule has 222 valence electrons. The van der Waals surface area contributed by atoms with Crippen molar-refractivity contribution in [2.75, 3.05) is 11.9 Å². The minimum Gasteiger partial charge on any atom is -0.356 e. The Morgan fingerprint density at radius 2 is 1.33 bits per heavy atom. The predicted molar refractivity (Wildman–Crippen MR) is 172 cm³/mol. The lowest BCUT2D eigenvalue weighted by atomic mass is 9.43. The van der Waals surface area contributed by atoms with Gasteiger partial charge in [-0.3, -0.25) is 14.7 Å². The molecule has 4 fully saturated rings. The fourth-order valence-corrected chi connectivity index (χ4v) is 8.61. The molecule has 7 heteroatoms. The third-order valence-electron chi connectivity index (χ3n) is 10.1. The van der Waals surface area contributed by atoms with Crippen LogP contribution in [0.1, 0.15) is 62.0 Å². The number of carbonyl (C=O) groups excluding carboxylic acids is 2. The van der Waals surface area contributed by atoms with E-state index in [0.717, 1.165) is 49.8 Å². The maximum atomic E-state index is 14.0. The molecule has 2 atom stereocenters. The van der Waals surface area contributed by atoms with E-state index in [1.165, 1.54) is 11.1 Å². The molecule has 4 aliphatic rings. The number of nitrogens with one attached hydrogen (secondary N) is 3. The number of hydrogen-bond donors (Lipinski definition) is 3. The second kappa shape index (κ2) is 12.0. The van der Waals surface area contributed by atoms with Gasteiger partial charge in [-0.25, -0.2) is 0 Å². The second-order valence-corrected chi connectivity index (χ2v) is 12.9. The van der Waals surface area contributed by atoms with Gasteiger partial charge in [0, 0.05) is 18.5 Å². The molecule has 3 N–H and O–H groups in total. The maximum Gasteiger partial charge on any atom is 0.231 e. The Kier molecular flexibility index (Phi) is 8.15. The molecule has 4 aromatic rings. The molecular weight excluding hydrogens is 556 g/mol. The summed E-state index contributed by atoms with van der Waals surface area (Å²) in [6, 6.07) is 33.0. The smallest absolute Gasteiger partial charge is 0.231 e. The van der Waals surface area contributed by atoms with Gasteiger partial charge in [-0.1, -0.05) is 91.0 Å². The van der Waals surface area contributed by atoms with Crippen molar-refractivity contribution in [1.29, 1.82) is 0 Å². The Hall–Kier alpha value is -3.90. The summed E-state index contributed by atoms with van der Waals surface area (Å²) in [4.78, 5) is 27.9. The van der Waals surface area contributed by atoms with Gasteiger partial charge in [0.1, 0.15) is 0 Å².